The first-order valence-corrected chi connectivity index (χ1v) is 9.80. The van der Waals surface area contributed by atoms with Crippen LogP contribution in [0.4, 0.5) is 0 Å². The second-order valence-corrected chi connectivity index (χ2v) is 7.56. The van der Waals surface area contributed by atoms with Gasteiger partial charge < -0.3 is 10.1 Å². The number of nitrogens with one attached hydrogen (secondary N) is 1. The second-order valence-electron chi connectivity index (χ2n) is 7.56. The minimum atomic E-state index is -0.838. The van der Waals surface area contributed by atoms with Crippen LogP contribution in [0.1, 0.15) is 75.7 Å². The van der Waals surface area contributed by atoms with E-state index < -0.39 is 12.1 Å². The molecule has 2 heterocycles. The number of ether oxygens (including phenoxy) is 1. The molecule has 146 valence electrons. The predicted octanol–water partition coefficient (Wildman–Crippen LogP) is 3.40. The third-order valence-corrected chi connectivity index (χ3v) is 5.01. The highest BCUT2D eigenvalue weighted by molar-refractivity contribution is 5.94. The first kappa shape index (κ1) is 19.3. The molecule has 2 aromatic heterocycles. The SMILES string of the molecule is CC(C)n1ncc2cc(C(=O)O[C@@H](C)C(=O)NC3CCCCCC3)cnc21. The highest BCUT2D eigenvalue weighted by atomic mass is 16.5. The van der Waals surface area contributed by atoms with E-state index in [0.717, 1.165) is 36.7 Å². The van der Waals surface area contributed by atoms with Crippen LogP contribution in [-0.2, 0) is 9.53 Å². The summed E-state index contributed by atoms with van der Waals surface area (Å²) in [6, 6.07) is 2.06. The lowest BCUT2D eigenvalue weighted by Crippen LogP contribution is -2.41. The van der Waals surface area contributed by atoms with Gasteiger partial charge in [-0.05, 0) is 39.7 Å². The molecular formula is C20H28N4O3. The fourth-order valence-electron chi connectivity index (χ4n) is 3.45. The molecule has 1 N–H and O–H groups in total. The largest absolute Gasteiger partial charge is 0.449 e. The van der Waals surface area contributed by atoms with Crippen molar-refractivity contribution < 1.29 is 14.3 Å². The molecule has 1 fully saturated rings. The van der Waals surface area contributed by atoms with E-state index in [0.29, 0.717) is 5.56 Å². The molecule has 1 aliphatic carbocycles. The van der Waals surface area contributed by atoms with E-state index in [9.17, 15) is 9.59 Å². The quantitative estimate of drug-likeness (QED) is 0.642. The van der Waals surface area contributed by atoms with Crippen molar-refractivity contribution in [3.63, 3.8) is 0 Å². The summed E-state index contributed by atoms with van der Waals surface area (Å²) in [6.07, 6.45) is 9.01. The maximum absolute atomic E-state index is 12.4. The number of hydrogen-bond acceptors (Lipinski definition) is 5. The Bertz CT molecular complexity index is 807. The van der Waals surface area contributed by atoms with Gasteiger partial charge in [0.25, 0.3) is 5.91 Å². The Hall–Kier alpha value is -2.44. The van der Waals surface area contributed by atoms with Gasteiger partial charge in [0, 0.05) is 23.7 Å². The standard InChI is InChI=1S/C20H28N4O3/c1-13(2)24-18-15(12-22-24)10-16(11-21-18)20(26)27-14(3)19(25)23-17-8-6-4-5-7-9-17/h10-14,17H,4-9H2,1-3H3,(H,23,25)/t14-/m0/s1. The average Bonchev–Trinajstić information content (AvgIpc) is 2.90. The molecule has 3 rings (SSSR count). The van der Waals surface area contributed by atoms with Gasteiger partial charge in [0.15, 0.2) is 11.8 Å². The number of hydrogen-bond donors (Lipinski definition) is 1. The minimum absolute atomic E-state index is 0.181. The lowest BCUT2D eigenvalue weighted by molar-refractivity contribution is -0.129. The van der Waals surface area contributed by atoms with E-state index >= 15 is 0 Å². The Balaban J connectivity index is 1.62. The van der Waals surface area contributed by atoms with Gasteiger partial charge in [0.05, 0.1) is 11.8 Å². The molecular weight excluding hydrogens is 344 g/mol. The third-order valence-electron chi connectivity index (χ3n) is 5.01. The van der Waals surface area contributed by atoms with Crippen molar-refractivity contribution in [2.75, 3.05) is 0 Å². The van der Waals surface area contributed by atoms with E-state index in [1.165, 1.54) is 19.0 Å². The van der Waals surface area contributed by atoms with E-state index in [1.807, 2.05) is 13.8 Å². The number of pyridine rings is 1. The van der Waals surface area contributed by atoms with Gasteiger partial charge in [-0.1, -0.05) is 25.7 Å². The summed E-state index contributed by atoms with van der Waals surface area (Å²) in [7, 11) is 0. The van der Waals surface area contributed by atoms with Crippen LogP contribution in [0.25, 0.3) is 11.0 Å². The number of carbonyl (C=O) groups is 2. The molecule has 1 amide bonds. The molecule has 7 heteroatoms. The predicted molar refractivity (Wildman–Crippen MR) is 102 cm³/mol. The van der Waals surface area contributed by atoms with Crippen LogP contribution < -0.4 is 5.32 Å². The molecule has 0 aliphatic heterocycles. The fraction of sp³-hybridized carbons (Fsp3) is 0.600. The van der Waals surface area contributed by atoms with Crippen molar-refractivity contribution >= 4 is 22.9 Å². The van der Waals surface area contributed by atoms with Crippen LogP contribution >= 0.6 is 0 Å². The Morgan fingerprint density at radius 2 is 1.85 bits per heavy atom. The van der Waals surface area contributed by atoms with E-state index in [2.05, 4.69) is 15.4 Å². The topological polar surface area (TPSA) is 86.1 Å². The van der Waals surface area contributed by atoms with Gasteiger partial charge in [-0.25, -0.2) is 14.5 Å². The van der Waals surface area contributed by atoms with E-state index in [4.69, 9.17) is 4.74 Å². The monoisotopic (exact) mass is 372 g/mol. The summed E-state index contributed by atoms with van der Waals surface area (Å²) in [5.41, 5.74) is 1.04. The summed E-state index contributed by atoms with van der Waals surface area (Å²) >= 11 is 0. The van der Waals surface area contributed by atoms with Crippen molar-refractivity contribution in [3.8, 4) is 0 Å². The molecule has 2 aromatic rings. The van der Waals surface area contributed by atoms with Gasteiger partial charge in [0.2, 0.25) is 0 Å². The molecule has 7 nitrogen and oxygen atoms in total. The summed E-state index contributed by atoms with van der Waals surface area (Å²) in [5, 5.41) is 8.08. The molecule has 0 saturated heterocycles. The molecule has 0 aromatic carbocycles. The van der Waals surface area contributed by atoms with Gasteiger partial charge >= 0.3 is 5.97 Å². The van der Waals surface area contributed by atoms with Crippen molar-refractivity contribution in [3.05, 3.63) is 24.0 Å². The maximum atomic E-state index is 12.4. The molecule has 0 radical (unpaired) electrons. The Labute approximate surface area is 159 Å². The van der Waals surface area contributed by atoms with Crippen LogP contribution in [0.3, 0.4) is 0 Å². The molecule has 1 saturated carbocycles. The number of esters is 1. The Kier molecular flexibility index (Phi) is 6.08. The number of nitrogens with zero attached hydrogens (tertiary/aromatic N) is 3. The van der Waals surface area contributed by atoms with Gasteiger partial charge in [0.1, 0.15) is 0 Å². The zero-order chi connectivity index (χ0) is 19.4. The van der Waals surface area contributed by atoms with Crippen LogP contribution in [0.2, 0.25) is 0 Å². The first-order chi connectivity index (χ1) is 13.0. The summed E-state index contributed by atoms with van der Waals surface area (Å²) in [4.78, 5) is 29.1. The number of carbonyl (C=O) groups excluding carboxylic acids is 2. The van der Waals surface area contributed by atoms with Crippen LogP contribution in [0.5, 0.6) is 0 Å². The van der Waals surface area contributed by atoms with E-state index in [-0.39, 0.29) is 18.0 Å². The Morgan fingerprint density at radius 1 is 1.15 bits per heavy atom. The summed E-state index contributed by atoms with van der Waals surface area (Å²) in [6.45, 7) is 5.64. The summed E-state index contributed by atoms with van der Waals surface area (Å²) in [5.74, 6) is -0.790. The fourth-order valence-corrected chi connectivity index (χ4v) is 3.45. The molecule has 0 unspecified atom stereocenters. The molecule has 0 spiro atoms. The van der Waals surface area contributed by atoms with Crippen molar-refractivity contribution in [1.29, 1.82) is 0 Å². The van der Waals surface area contributed by atoms with Crippen LogP contribution in [0.15, 0.2) is 18.5 Å². The minimum Gasteiger partial charge on any atom is -0.449 e. The van der Waals surface area contributed by atoms with Gasteiger partial charge in [-0.2, -0.15) is 5.10 Å². The average molecular weight is 372 g/mol. The lowest BCUT2D eigenvalue weighted by atomic mass is 10.1. The second kappa shape index (κ2) is 8.50. The van der Waals surface area contributed by atoms with Crippen molar-refractivity contribution in [2.24, 2.45) is 0 Å². The zero-order valence-corrected chi connectivity index (χ0v) is 16.3. The highest BCUT2D eigenvalue weighted by Crippen LogP contribution is 2.19. The van der Waals surface area contributed by atoms with Crippen molar-refractivity contribution in [1.82, 2.24) is 20.1 Å². The third kappa shape index (κ3) is 4.64. The number of amides is 1. The van der Waals surface area contributed by atoms with Crippen molar-refractivity contribution in [2.45, 2.75) is 77.5 Å². The number of aromatic nitrogens is 3. The van der Waals surface area contributed by atoms with E-state index in [1.54, 1.807) is 23.9 Å². The smallest absolute Gasteiger partial charge is 0.340 e. The zero-order valence-electron chi connectivity index (χ0n) is 16.3. The molecule has 27 heavy (non-hydrogen) atoms. The van der Waals surface area contributed by atoms with Gasteiger partial charge in [-0.3, -0.25) is 4.79 Å². The first-order valence-electron chi connectivity index (χ1n) is 9.80. The van der Waals surface area contributed by atoms with Crippen LogP contribution in [-0.4, -0.2) is 38.8 Å². The highest BCUT2D eigenvalue weighted by Gasteiger charge is 2.23. The van der Waals surface area contributed by atoms with Gasteiger partial charge in [-0.15, -0.1) is 0 Å². The molecule has 1 aliphatic rings. The maximum Gasteiger partial charge on any atom is 0.340 e. The molecule has 0 bridgehead atoms. The normalized spacial score (nSPS) is 16.9. The summed E-state index contributed by atoms with van der Waals surface area (Å²) < 4.78 is 7.15. The Morgan fingerprint density at radius 3 is 2.52 bits per heavy atom. The molecule has 1 atom stereocenters. The number of rotatable bonds is 5. The number of fused-ring (bicyclic) bond motifs is 1. The van der Waals surface area contributed by atoms with Crippen LogP contribution in [0, 0.1) is 0 Å². The lowest BCUT2D eigenvalue weighted by Gasteiger charge is -2.19.